The van der Waals surface area contributed by atoms with E-state index in [0.29, 0.717) is 12.8 Å². The number of hydrogen-bond donors (Lipinski definition) is 4. The highest BCUT2D eigenvalue weighted by molar-refractivity contribution is 5.70. The average molecular weight is 779 g/mol. The summed E-state index contributed by atoms with van der Waals surface area (Å²) in [5, 5.41) is 40.0. The number of carbonyl (C=O) groups is 2. The third kappa shape index (κ3) is 27.8. The quantitative estimate of drug-likeness (QED) is 0.0279. The van der Waals surface area contributed by atoms with Crippen molar-refractivity contribution in [3.63, 3.8) is 0 Å². The van der Waals surface area contributed by atoms with Crippen LogP contribution >= 0.6 is 0 Å². The molecule has 6 atom stereocenters. The fraction of sp³-hybridized carbons (Fsp3) is 0.778. The van der Waals surface area contributed by atoms with E-state index in [4.69, 9.17) is 18.9 Å². The van der Waals surface area contributed by atoms with Crippen molar-refractivity contribution in [2.75, 3.05) is 19.8 Å². The first-order valence-corrected chi connectivity index (χ1v) is 21.7. The lowest BCUT2D eigenvalue weighted by molar-refractivity contribution is -0.305. The minimum absolute atomic E-state index is 0.200. The molecule has 318 valence electrons. The van der Waals surface area contributed by atoms with E-state index in [9.17, 15) is 30.0 Å². The van der Waals surface area contributed by atoms with Crippen LogP contribution in [0.1, 0.15) is 168 Å². The first kappa shape index (κ1) is 50.7. The lowest BCUT2D eigenvalue weighted by Gasteiger charge is -2.39. The van der Waals surface area contributed by atoms with Gasteiger partial charge in [0.1, 0.15) is 31.0 Å². The van der Waals surface area contributed by atoms with Crippen LogP contribution in [0.25, 0.3) is 0 Å². The lowest BCUT2D eigenvalue weighted by atomic mass is 9.99. The Labute approximate surface area is 333 Å². The Morgan fingerprint density at radius 1 is 0.564 bits per heavy atom. The summed E-state index contributed by atoms with van der Waals surface area (Å²) >= 11 is 0. The Kier molecular flexibility index (Phi) is 33.2. The smallest absolute Gasteiger partial charge is 0.306 e. The largest absolute Gasteiger partial charge is 0.462 e. The van der Waals surface area contributed by atoms with E-state index < -0.39 is 55.4 Å². The molecule has 10 nitrogen and oxygen atoms in total. The summed E-state index contributed by atoms with van der Waals surface area (Å²) in [5.41, 5.74) is 0. The van der Waals surface area contributed by atoms with Gasteiger partial charge in [0.25, 0.3) is 0 Å². The van der Waals surface area contributed by atoms with Crippen molar-refractivity contribution in [2.24, 2.45) is 0 Å². The van der Waals surface area contributed by atoms with Crippen molar-refractivity contribution in [3.05, 3.63) is 48.6 Å². The van der Waals surface area contributed by atoms with Crippen LogP contribution in [0.2, 0.25) is 0 Å². The van der Waals surface area contributed by atoms with Gasteiger partial charge in [0.15, 0.2) is 12.4 Å². The summed E-state index contributed by atoms with van der Waals surface area (Å²) in [6, 6.07) is 0. The molecule has 0 radical (unpaired) electrons. The van der Waals surface area contributed by atoms with E-state index in [-0.39, 0.29) is 26.1 Å². The summed E-state index contributed by atoms with van der Waals surface area (Å²) in [7, 11) is 0. The number of ether oxygens (including phenoxy) is 4. The van der Waals surface area contributed by atoms with Crippen molar-refractivity contribution >= 4 is 11.9 Å². The zero-order valence-electron chi connectivity index (χ0n) is 34.4. The molecule has 1 rings (SSSR count). The van der Waals surface area contributed by atoms with Gasteiger partial charge >= 0.3 is 11.9 Å². The molecule has 0 saturated carbocycles. The SMILES string of the molecule is CCCCC/C=C/C/C=C/C/C=C/CCCCC(=O)OC[C@@H](CO[C@H]1O[C@@H](CO)[C@@H](O)C(O)C1O)OC(=O)CCCCC/C=C/CCCCCCCCCC. The third-order valence-electron chi connectivity index (χ3n) is 9.69. The zero-order chi connectivity index (χ0) is 40.2. The summed E-state index contributed by atoms with van der Waals surface area (Å²) in [6.45, 7) is 3.33. The first-order valence-electron chi connectivity index (χ1n) is 21.7. The van der Waals surface area contributed by atoms with Gasteiger partial charge in [-0.05, 0) is 77.0 Å². The minimum Gasteiger partial charge on any atom is -0.462 e. The Morgan fingerprint density at radius 2 is 1.02 bits per heavy atom. The summed E-state index contributed by atoms with van der Waals surface area (Å²) in [5.74, 6) is -0.872. The number of hydrogen-bond acceptors (Lipinski definition) is 10. The molecule has 0 aromatic carbocycles. The fourth-order valence-corrected chi connectivity index (χ4v) is 6.19. The third-order valence-corrected chi connectivity index (χ3v) is 9.69. The normalized spacial score (nSPS) is 21.0. The highest BCUT2D eigenvalue weighted by atomic mass is 16.7. The average Bonchev–Trinajstić information content (AvgIpc) is 3.18. The van der Waals surface area contributed by atoms with E-state index in [0.717, 1.165) is 57.8 Å². The molecule has 55 heavy (non-hydrogen) atoms. The Hall–Kier alpha value is -2.34. The van der Waals surface area contributed by atoms with E-state index in [1.165, 1.54) is 70.6 Å². The molecule has 1 fully saturated rings. The van der Waals surface area contributed by atoms with E-state index >= 15 is 0 Å². The van der Waals surface area contributed by atoms with E-state index in [1.807, 2.05) is 0 Å². The van der Waals surface area contributed by atoms with Crippen LogP contribution in [0.4, 0.5) is 0 Å². The number of rotatable bonds is 35. The molecule has 0 aromatic heterocycles. The second-order valence-electron chi connectivity index (χ2n) is 14.8. The molecular weight excluding hydrogens is 700 g/mol. The minimum atomic E-state index is -1.60. The maximum Gasteiger partial charge on any atom is 0.306 e. The predicted octanol–water partition coefficient (Wildman–Crippen LogP) is 8.88. The number of aliphatic hydroxyl groups is 4. The lowest BCUT2D eigenvalue weighted by Crippen LogP contribution is -2.59. The molecule has 10 heteroatoms. The van der Waals surface area contributed by atoms with Gasteiger partial charge in [-0.2, -0.15) is 0 Å². The molecule has 4 N–H and O–H groups in total. The molecule has 0 aromatic rings. The number of aliphatic hydroxyl groups excluding tert-OH is 4. The molecule has 0 bridgehead atoms. The van der Waals surface area contributed by atoms with Gasteiger partial charge in [0.2, 0.25) is 0 Å². The molecule has 0 aliphatic carbocycles. The molecule has 1 heterocycles. The van der Waals surface area contributed by atoms with E-state index in [2.05, 4.69) is 62.5 Å². The van der Waals surface area contributed by atoms with Gasteiger partial charge in [0.05, 0.1) is 13.2 Å². The highest BCUT2D eigenvalue weighted by Gasteiger charge is 2.44. The van der Waals surface area contributed by atoms with Crippen LogP contribution in [-0.2, 0) is 28.5 Å². The van der Waals surface area contributed by atoms with Gasteiger partial charge in [-0.1, -0.05) is 127 Å². The van der Waals surface area contributed by atoms with Crippen LogP contribution in [0.5, 0.6) is 0 Å². The molecule has 0 amide bonds. The zero-order valence-corrected chi connectivity index (χ0v) is 34.4. The van der Waals surface area contributed by atoms with Crippen molar-refractivity contribution in [3.8, 4) is 0 Å². The van der Waals surface area contributed by atoms with Crippen LogP contribution in [0, 0.1) is 0 Å². The van der Waals surface area contributed by atoms with Crippen LogP contribution in [0.3, 0.4) is 0 Å². The van der Waals surface area contributed by atoms with Crippen LogP contribution in [0.15, 0.2) is 48.6 Å². The van der Waals surface area contributed by atoms with Crippen LogP contribution in [-0.4, -0.2) is 89.0 Å². The Balaban J connectivity index is 2.40. The molecule has 1 aliphatic heterocycles. The molecule has 1 saturated heterocycles. The Bertz CT molecular complexity index is 1040. The van der Waals surface area contributed by atoms with Gasteiger partial charge in [0, 0.05) is 12.8 Å². The number of esters is 2. The monoisotopic (exact) mass is 779 g/mol. The second kappa shape index (κ2) is 36.0. The number of unbranched alkanes of at least 4 members (excludes halogenated alkanes) is 16. The maximum absolute atomic E-state index is 12.7. The van der Waals surface area contributed by atoms with Crippen LogP contribution < -0.4 is 0 Å². The summed E-state index contributed by atoms with van der Waals surface area (Å²) in [4.78, 5) is 25.3. The fourth-order valence-electron chi connectivity index (χ4n) is 6.19. The second-order valence-corrected chi connectivity index (χ2v) is 14.8. The molecule has 1 aliphatic rings. The first-order chi connectivity index (χ1) is 26.8. The molecule has 2 unspecified atom stereocenters. The van der Waals surface area contributed by atoms with Crippen molar-refractivity contribution in [1.82, 2.24) is 0 Å². The highest BCUT2D eigenvalue weighted by Crippen LogP contribution is 2.22. The summed E-state index contributed by atoms with van der Waals surface area (Å²) < 4.78 is 22.1. The number of carbonyl (C=O) groups excluding carboxylic acids is 2. The van der Waals surface area contributed by atoms with E-state index in [1.54, 1.807) is 0 Å². The van der Waals surface area contributed by atoms with Crippen molar-refractivity contribution in [1.29, 1.82) is 0 Å². The summed E-state index contributed by atoms with van der Waals surface area (Å²) in [6.07, 6.45) is 34.0. The van der Waals surface area contributed by atoms with Gasteiger partial charge in [-0.15, -0.1) is 0 Å². The predicted molar refractivity (Wildman–Crippen MR) is 219 cm³/mol. The standard InChI is InChI=1S/C45H78O10/c1-3-5-7-9-11-13-15-17-19-21-23-25-27-29-31-33-40(47)52-36-38(37-53-45-44(51)43(50)42(49)39(35-46)55-45)54-41(48)34-32-30-28-26-24-22-20-18-16-14-12-10-8-6-4-2/h11,13,17,19,22-25,38-39,42-46,49-51H,3-10,12,14-16,18,20-21,26-37H2,1-2H3/b13-11+,19-17+,24-22+,25-23+/t38-,39-,42+,43?,44?,45-/m0/s1. The van der Waals surface area contributed by atoms with Gasteiger partial charge in [-0.3, -0.25) is 9.59 Å². The van der Waals surface area contributed by atoms with Crippen molar-refractivity contribution in [2.45, 2.75) is 205 Å². The van der Waals surface area contributed by atoms with Gasteiger partial charge < -0.3 is 39.4 Å². The topological polar surface area (TPSA) is 152 Å². The van der Waals surface area contributed by atoms with Gasteiger partial charge in [-0.25, -0.2) is 0 Å². The molecular formula is C45H78O10. The maximum atomic E-state index is 12.7. The Morgan fingerprint density at radius 3 is 1.62 bits per heavy atom. The van der Waals surface area contributed by atoms with Crippen molar-refractivity contribution < 1.29 is 49.0 Å². The molecule has 0 spiro atoms. The number of allylic oxidation sites excluding steroid dienone is 8.